The average Bonchev–Trinajstić information content (AvgIpc) is 0.759. The Morgan fingerprint density at radius 3 is 1.10 bits per heavy atom. The van der Waals surface area contributed by atoms with E-state index in [0.717, 1.165) is 96.3 Å². The van der Waals surface area contributed by atoms with Crippen molar-refractivity contribution < 1.29 is 117 Å². The predicted octanol–water partition coefficient (Wildman–Crippen LogP) is 11.1. The van der Waals surface area contributed by atoms with Gasteiger partial charge in [-0.1, -0.05) is 258 Å². The van der Waals surface area contributed by atoms with Crippen molar-refractivity contribution in [2.75, 3.05) is 26.4 Å². The minimum atomic E-state index is -5.70. The Morgan fingerprint density at radius 2 is 0.707 bits per heavy atom. The molecule has 18 unspecified atom stereocenters. The zero-order valence-electron chi connectivity index (χ0n) is 60.8. The average molecular weight is 1440 g/mol. The largest absolute Gasteiger partial charge is 0.472 e. The first-order valence-electron chi connectivity index (χ1n) is 39.0. The molecular weight excluding hydrogens is 1300 g/mol. The lowest BCUT2D eigenvalue weighted by Crippen LogP contribution is -2.69. The highest BCUT2D eigenvalue weighted by atomic mass is 31.2. The smallest absolute Gasteiger partial charge is 0.463 e. The third kappa shape index (κ3) is 39.0. The van der Waals surface area contributed by atoms with Crippen molar-refractivity contribution in [3.63, 3.8) is 0 Å². The van der Waals surface area contributed by atoms with Crippen molar-refractivity contribution in [2.45, 2.75) is 414 Å². The first-order chi connectivity index (χ1) is 47.8. The number of phosphoric acid groups is 1. The topological polar surface area (TPSA) is 374 Å². The van der Waals surface area contributed by atoms with Crippen molar-refractivity contribution in [3.8, 4) is 0 Å². The van der Waals surface area contributed by atoms with Gasteiger partial charge in [-0.25, -0.2) is 4.57 Å². The second kappa shape index (κ2) is 56.1. The van der Waals surface area contributed by atoms with Crippen LogP contribution in [0, 0.1) is 0 Å². The van der Waals surface area contributed by atoms with Gasteiger partial charge in [-0.2, -0.15) is 0 Å². The summed E-state index contributed by atoms with van der Waals surface area (Å²) in [5, 5.41) is 110. The summed E-state index contributed by atoms with van der Waals surface area (Å²) in [5.74, 6) is -2.00. The van der Waals surface area contributed by atoms with Gasteiger partial charge >= 0.3 is 25.7 Å². The van der Waals surface area contributed by atoms with Crippen LogP contribution in [0.15, 0.2) is 12.2 Å². The van der Waals surface area contributed by atoms with Gasteiger partial charge in [-0.05, 0) is 44.9 Å². The molecule has 3 rings (SSSR count). The Labute approximate surface area is 592 Å². The highest BCUT2D eigenvalue weighted by Gasteiger charge is 2.58. The lowest BCUT2D eigenvalue weighted by molar-refractivity contribution is -0.360. The maximum Gasteiger partial charge on any atom is 0.472 e. The number of carbonyl (C=O) groups excluding carboxylic acids is 3. The summed E-state index contributed by atoms with van der Waals surface area (Å²) < 4.78 is 65.1. The zero-order chi connectivity index (χ0) is 72.5. The number of unbranched alkanes of at least 4 members (excludes halogenated alkanes) is 38. The van der Waals surface area contributed by atoms with Gasteiger partial charge in [0.25, 0.3) is 0 Å². The Bertz CT molecular complexity index is 2090. The lowest BCUT2D eigenvalue weighted by atomic mass is 9.84. The summed E-state index contributed by atoms with van der Waals surface area (Å²) in [6.07, 6.45) is 15.5. The van der Waals surface area contributed by atoms with Crippen molar-refractivity contribution in [2.24, 2.45) is 0 Å². The normalized spacial score (nSPS) is 27.5. The molecule has 24 nitrogen and oxygen atoms in total. The van der Waals surface area contributed by atoms with Crippen LogP contribution in [0.4, 0.5) is 0 Å². The molecule has 0 aromatic carbocycles. The molecular formula is C74H137O24P. The van der Waals surface area contributed by atoms with Crippen molar-refractivity contribution >= 4 is 25.7 Å². The van der Waals surface area contributed by atoms with Gasteiger partial charge < -0.3 is 89.1 Å². The molecule has 11 N–H and O–H groups in total. The van der Waals surface area contributed by atoms with Crippen LogP contribution in [0.2, 0.25) is 0 Å². The summed E-state index contributed by atoms with van der Waals surface area (Å²) in [4.78, 5) is 51.0. The molecule has 1 saturated carbocycles. The van der Waals surface area contributed by atoms with E-state index in [4.69, 9.17) is 42.2 Å². The molecule has 0 spiro atoms. The Hall–Kier alpha value is -2.30. The molecule has 582 valence electrons. The van der Waals surface area contributed by atoms with E-state index in [-0.39, 0.29) is 19.3 Å². The van der Waals surface area contributed by atoms with Gasteiger partial charge in [0.15, 0.2) is 18.7 Å². The van der Waals surface area contributed by atoms with Crippen LogP contribution in [0.3, 0.4) is 0 Å². The molecule has 3 fully saturated rings. The lowest BCUT2D eigenvalue weighted by Gasteiger charge is -2.49. The Kier molecular flexibility index (Phi) is 51.5. The molecule has 2 saturated heterocycles. The van der Waals surface area contributed by atoms with Crippen molar-refractivity contribution in [3.05, 3.63) is 12.2 Å². The number of rotatable bonds is 61. The number of hydrogen-bond donors (Lipinski definition) is 11. The van der Waals surface area contributed by atoms with Gasteiger partial charge in [-0.3, -0.25) is 23.4 Å². The van der Waals surface area contributed by atoms with Crippen LogP contribution < -0.4 is 0 Å². The zero-order valence-corrected chi connectivity index (χ0v) is 61.7. The number of ether oxygens (including phenoxy) is 7. The third-order valence-corrected chi connectivity index (χ3v) is 20.3. The molecule has 0 bridgehead atoms. The maximum atomic E-state index is 14.3. The standard InChI is InChI=1S/C74H137O24P/c1-4-7-10-13-16-19-22-25-28-29-32-34-37-40-43-46-49-59(77)91-54-57-62(80)64(82)69(87)74(95-57)97-71-67(85)65(83)66(84)70(96-73-68(86)63(81)61(79)56(51-75)94-73)72(71)98-99(88,89)92-53-55(93-60(78)50-47-44-41-38-35-31-27-24-21-18-15-12-9-6-3)52-90-58(76)48-45-42-39-36-33-30-26-23-20-17-14-11-8-5-2/h30,33,55-57,61-75,79-87H,4-29,31-32,34-54H2,1-3H3,(H,88,89)/b33-30-. The van der Waals surface area contributed by atoms with Crippen LogP contribution in [-0.4, -0.2) is 204 Å². The predicted molar refractivity (Wildman–Crippen MR) is 375 cm³/mol. The molecule has 25 heteroatoms. The summed E-state index contributed by atoms with van der Waals surface area (Å²) >= 11 is 0. The van der Waals surface area contributed by atoms with Gasteiger partial charge in [0.05, 0.1) is 13.2 Å². The van der Waals surface area contributed by atoms with Crippen LogP contribution in [0.5, 0.6) is 0 Å². The van der Waals surface area contributed by atoms with Gasteiger partial charge in [0, 0.05) is 19.3 Å². The second-order valence-corrected chi connectivity index (χ2v) is 29.5. The molecule has 0 aromatic rings. The fourth-order valence-electron chi connectivity index (χ4n) is 12.9. The number of phosphoric ester groups is 1. The van der Waals surface area contributed by atoms with E-state index in [1.54, 1.807) is 0 Å². The number of aliphatic hydroxyl groups is 10. The molecule has 1 aliphatic carbocycles. The molecule has 3 aliphatic rings. The monoisotopic (exact) mass is 1440 g/mol. The highest BCUT2D eigenvalue weighted by molar-refractivity contribution is 7.47. The van der Waals surface area contributed by atoms with E-state index >= 15 is 0 Å². The van der Waals surface area contributed by atoms with Crippen molar-refractivity contribution in [1.82, 2.24) is 0 Å². The summed E-state index contributed by atoms with van der Waals surface area (Å²) in [6, 6.07) is 0. The number of carbonyl (C=O) groups is 3. The molecule has 99 heavy (non-hydrogen) atoms. The summed E-state index contributed by atoms with van der Waals surface area (Å²) in [6.45, 7) is 3.46. The van der Waals surface area contributed by atoms with Gasteiger partial charge in [0.2, 0.25) is 0 Å². The Morgan fingerprint density at radius 1 is 0.384 bits per heavy atom. The molecule has 18 atom stereocenters. The van der Waals surface area contributed by atoms with Gasteiger partial charge in [-0.15, -0.1) is 0 Å². The summed E-state index contributed by atoms with van der Waals surface area (Å²) in [5.41, 5.74) is 0. The summed E-state index contributed by atoms with van der Waals surface area (Å²) in [7, 11) is -5.70. The van der Waals surface area contributed by atoms with Gasteiger partial charge in [0.1, 0.15) is 98.7 Å². The molecule has 0 aromatic heterocycles. The molecule has 2 aliphatic heterocycles. The van der Waals surface area contributed by atoms with E-state index in [2.05, 4.69) is 32.9 Å². The van der Waals surface area contributed by atoms with E-state index in [1.807, 2.05) is 0 Å². The second-order valence-electron chi connectivity index (χ2n) is 28.1. The molecule has 0 radical (unpaired) electrons. The fraction of sp³-hybridized carbons (Fsp3) is 0.932. The minimum absolute atomic E-state index is 0.0280. The van der Waals surface area contributed by atoms with Crippen LogP contribution >= 0.6 is 7.82 Å². The van der Waals surface area contributed by atoms with E-state index < -0.39 is 156 Å². The number of allylic oxidation sites excluding steroid dienone is 2. The van der Waals surface area contributed by atoms with E-state index in [9.17, 15) is 74.9 Å². The fourth-order valence-corrected chi connectivity index (χ4v) is 13.9. The third-order valence-electron chi connectivity index (χ3n) is 19.3. The van der Waals surface area contributed by atoms with Crippen LogP contribution in [0.1, 0.15) is 310 Å². The first-order valence-corrected chi connectivity index (χ1v) is 40.5. The van der Waals surface area contributed by atoms with Crippen LogP contribution in [-0.2, 0) is 61.2 Å². The quantitative estimate of drug-likeness (QED) is 0.00886. The van der Waals surface area contributed by atoms with Crippen LogP contribution in [0.25, 0.3) is 0 Å². The highest BCUT2D eigenvalue weighted by Crippen LogP contribution is 2.49. The minimum Gasteiger partial charge on any atom is -0.463 e. The molecule has 0 amide bonds. The first kappa shape index (κ1) is 90.9. The van der Waals surface area contributed by atoms with E-state index in [0.29, 0.717) is 19.3 Å². The van der Waals surface area contributed by atoms with E-state index in [1.165, 1.54) is 154 Å². The Balaban J connectivity index is 1.72. The number of esters is 3. The SMILES string of the molecule is CCCCCCCCC/C=C\CCCCCC(=O)OCC(COP(=O)(O)OC1C(OC2OC(CO)C(O)C(O)C2O)C(O)C(O)C(O)C1OC1OC(COC(=O)CCCCCCCCCCCCCCCCCC)C(O)C(O)C1O)OC(=O)CCCCCCCCCCCCCCCC. The molecule has 2 heterocycles. The van der Waals surface area contributed by atoms with Crippen molar-refractivity contribution in [1.29, 1.82) is 0 Å². The number of aliphatic hydroxyl groups excluding tert-OH is 10. The number of hydrogen-bond acceptors (Lipinski definition) is 23. The maximum absolute atomic E-state index is 14.3.